The summed E-state index contributed by atoms with van der Waals surface area (Å²) in [4.78, 5) is 0.366. The van der Waals surface area contributed by atoms with Gasteiger partial charge in [0, 0.05) is 12.1 Å². The summed E-state index contributed by atoms with van der Waals surface area (Å²) in [6, 6.07) is 15.1. The van der Waals surface area contributed by atoms with E-state index < -0.39 is 10.0 Å². The number of hydrogen-bond acceptors (Lipinski definition) is 3. The number of aryl methyl sites for hydroxylation is 1. The van der Waals surface area contributed by atoms with E-state index in [9.17, 15) is 8.42 Å². The maximum Gasteiger partial charge on any atom is 0.264 e. The van der Waals surface area contributed by atoms with E-state index in [1.807, 2.05) is 37.3 Å². The molecule has 2 aliphatic rings. The zero-order chi connectivity index (χ0) is 18.2. The highest BCUT2D eigenvalue weighted by Gasteiger charge is 2.38. The molecule has 1 atom stereocenters. The Labute approximate surface area is 156 Å². The van der Waals surface area contributed by atoms with Crippen LogP contribution >= 0.6 is 0 Å². The number of sulfonamides is 1. The predicted molar refractivity (Wildman–Crippen MR) is 105 cm³/mol. The molecule has 1 N–H and O–H groups in total. The molecule has 0 bridgehead atoms. The van der Waals surface area contributed by atoms with E-state index in [0.29, 0.717) is 11.4 Å². The first-order valence-electron chi connectivity index (χ1n) is 9.43. The van der Waals surface area contributed by atoms with E-state index in [1.165, 1.54) is 12.8 Å². The largest absolute Gasteiger partial charge is 0.311 e. The topological polar surface area (TPSA) is 49.4 Å². The zero-order valence-corrected chi connectivity index (χ0v) is 16.1. The van der Waals surface area contributed by atoms with Crippen molar-refractivity contribution in [2.45, 2.75) is 49.5 Å². The highest BCUT2D eigenvalue weighted by molar-refractivity contribution is 7.92. The van der Waals surface area contributed by atoms with Crippen molar-refractivity contribution in [2.75, 3.05) is 17.4 Å². The minimum absolute atomic E-state index is 0.0197. The van der Waals surface area contributed by atoms with Crippen LogP contribution in [0.4, 0.5) is 5.69 Å². The van der Waals surface area contributed by atoms with Gasteiger partial charge >= 0.3 is 0 Å². The molecule has 0 aliphatic carbocycles. The molecular weight excluding hydrogens is 344 g/mol. The van der Waals surface area contributed by atoms with Crippen LogP contribution in [0.1, 0.15) is 36.8 Å². The number of benzene rings is 2. The molecule has 4 rings (SSSR count). The number of para-hydroxylation sites is 1. The molecule has 1 unspecified atom stereocenters. The van der Waals surface area contributed by atoms with Gasteiger partial charge in [-0.25, -0.2) is 8.42 Å². The van der Waals surface area contributed by atoms with Gasteiger partial charge in [0.05, 0.1) is 10.6 Å². The summed E-state index contributed by atoms with van der Waals surface area (Å²) in [6.07, 6.45) is 5.25. The van der Waals surface area contributed by atoms with Crippen LogP contribution in [0.2, 0.25) is 0 Å². The number of fused-ring (bicyclic) bond motifs is 1. The summed E-state index contributed by atoms with van der Waals surface area (Å²) in [5.41, 5.74) is 3.03. The molecule has 1 fully saturated rings. The third-order valence-electron chi connectivity index (χ3n) is 5.77. The maximum absolute atomic E-state index is 13.4. The van der Waals surface area contributed by atoms with Crippen LogP contribution in [0, 0.1) is 6.92 Å². The molecular formula is C21H26N2O2S. The molecule has 2 aromatic carbocycles. The van der Waals surface area contributed by atoms with Crippen LogP contribution in [-0.4, -0.2) is 27.0 Å². The molecule has 26 heavy (non-hydrogen) atoms. The van der Waals surface area contributed by atoms with Gasteiger partial charge in [0.15, 0.2) is 0 Å². The Morgan fingerprint density at radius 3 is 2.50 bits per heavy atom. The average Bonchev–Trinajstić information content (AvgIpc) is 2.79. The van der Waals surface area contributed by atoms with Gasteiger partial charge in [-0.1, -0.05) is 42.3 Å². The molecule has 138 valence electrons. The van der Waals surface area contributed by atoms with Crippen molar-refractivity contribution in [1.29, 1.82) is 0 Å². The van der Waals surface area contributed by atoms with Crippen LogP contribution in [0.3, 0.4) is 0 Å². The van der Waals surface area contributed by atoms with Gasteiger partial charge in [-0.2, -0.15) is 0 Å². The van der Waals surface area contributed by atoms with Crippen molar-refractivity contribution in [3.63, 3.8) is 0 Å². The van der Waals surface area contributed by atoms with Crippen molar-refractivity contribution >= 4 is 15.7 Å². The molecule has 5 heteroatoms. The molecule has 1 spiro atoms. The number of rotatable bonds is 2. The Kier molecular flexibility index (Phi) is 4.53. The van der Waals surface area contributed by atoms with E-state index in [1.54, 1.807) is 16.4 Å². The number of nitrogens with one attached hydrogen (secondary N) is 1. The average molecular weight is 371 g/mol. The summed E-state index contributed by atoms with van der Waals surface area (Å²) in [5, 5.41) is 3.71. The Morgan fingerprint density at radius 1 is 1.00 bits per heavy atom. The molecule has 2 aromatic rings. The van der Waals surface area contributed by atoms with E-state index in [2.05, 4.69) is 11.4 Å². The summed E-state index contributed by atoms with van der Waals surface area (Å²) < 4.78 is 28.4. The van der Waals surface area contributed by atoms with Gasteiger partial charge in [0.25, 0.3) is 10.0 Å². The van der Waals surface area contributed by atoms with Crippen molar-refractivity contribution < 1.29 is 8.42 Å². The number of nitrogens with zero attached hydrogens (tertiary/aromatic N) is 1. The smallest absolute Gasteiger partial charge is 0.264 e. The lowest BCUT2D eigenvalue weighted by molar-refractivity contribution is 0.242. The second-order valence-corrected chi connectivity index (χ2v) is 9.47. The lowest BCUT2D eigenvalue weighted by Gasteiger charge is -2.38. The first-order valence-corrected chi connectivity index (χ1v) is 10.9. The first kappa shape index (κ1) is 17.6. The number of hydrogen-bond donors (Lipinski definition) is 1. The standard InChI is InChI=1S/C21H26N2O2S/c1-17-8-10-19(11-9-17)26(24,25)23-15-13-21(12-4-5-14-22-21)16-18-6-2-3-7-20(18)23/h2-3,6-11,22H,4-5,12-16H2,1H3. The van der Waals surface area contributed by atoms with Gasteiger partial charge < -0.3 is 5.32 Å². The monoisotopic (exact) mass is 370 g/mol. The second kappa shape index (κ2) is 6.71. The van der Waals surface area contributed by atoms with Crippen LogP contribution in [-0.2, 0) is 16.4 Å². The Balaban J connectivity index is 1.76. The third-order valence-corrected chi connectivity index (χ3v) is 7.60. The van der Waals surface area contributed by atoms with E-state index in [0.717, 1.165) is 42.6 Å². The summed E-state index contributed by atoms with van der Waals surface area (Å²) >= 11 is 0. The predicted octanol–water partition coefficient (Wildman–Crippen LogP) is 3.65. The highest BCUT2D eigenvalue weighted by atomic mass is 32.2. The first-order chi connectivity index (χ1) is 12.5. The lowest BCUT2D eigenvalue weighted by Crippen LogP contribution is -2.51. The SMILES string of the molecule is Cc1ccc(S(=O)(=O)N2CCC3(CCCCN3)Cc3ccccc32)cc1. The Bertz CT molecular complexity index is 884. The van der Waals surface area contributed by atoms with Gasteiger partial charge in [0.2, 0.25) is 0 Å². The molecule has 0 saturated carbocycles. The molecule has 1 saturated heterocycles. The molecule has 2 aliphatic heterocycles. The third kappa shape index (κ3) is 3.14. The fraction of sp³-hybridized carbons (Fsp3) is 0.429. The molecule has 0 aromatic heterocycles. The van der Waals surface area contributed by atoms with E-state index >= 15 is 0 Å². The number of anilines is 1. The minimum Gasteiger partial charge on any atom is -0.311 e. The zero-order valence-electron chi connectivity index (χ0n) is 15.2. The van der Waals surface area contributed by atoms with Crippen LogP contribution in [0.15, 0.2) is 53.4 Å². The fourth-order valence-electron chi connectivity index (χ4n) is 4.27. The Hall–Kier alpha value is -1.85. The minimum atomic E-state index is -3.57. The van der Waals surface area contributed by atoms with Crippen LogP contribution in [0.5, 0.6) is 0 Å². The fourth-order valence-corrected chi connectivity index (χ4v) is 5.78. The van der Waals surface area contributed by atoms with E-state index in [4.69, 9.17) is 0 Å². The van der Waals surface area contributed by atoms with Crippen molar-refractivity contribution in [2.24, 2.45) is 0 Å². The van der Waals surface area contributed by atoms with Crippen LogP contribution in [0.25, 0.3) is 0 Å². The summed E-state index contributed by atoms with van der Waals surface area (Å²) in [7, 11) is -3.57. The maximum atomic E-state index is 13.4. The van der Waals surface area contributed by atoms with Crippen molar-refractivity contribution in [3.8, 4) is 0 Å². The number of piperidine rings is 1. The van der Waals surface area contributed by atoms with Crippen molar-refractivity contribution in [1.82, 2.24) is 5.32 Å². The van der Waals surface area contributed by atoms with Crippen LogP contribution < -0.4 is 9.62 Å². The second-order valence-electron chi connectivity index (χ2n) is 7.61. The van der Waals surface area contributed by atoms with Gasteiger partial charge in [-0.05, 0) is 62.9 Å². The van der Waals surface area contributed by atoms with Gasteiger partial charge in [0.1, 0.15) is 0 Å². The molecule has 0 radical (unpaired) electrons. The summed E-state index contributed by atoms with van der Waals surface area (Å²) in [5.74, 6) is 0. The molecule has 0 amide bonds. The highest BCUT2D eigenvalue weighted by Crippen LogP contribution is 2.37. The summed E-state index contributed by atoms with van der Waals surface area (Å²) in [6.45, 7) is 3.50. The normalized spacial score (nSPS) is 23.5. The van der Waals surface area contributed by atoms with E-state index in [-0.39, 0.29) is 5.54 Å². The Morgan fingerprint density at radius 2 is 1.77 bits per heavy atom. The van der Waals surface area contributed by atoms with Gasteiger partial charge in [-0.3, -0.25) is 4.31 Å². The molecule has 2 heterocycles. The van der Waals surface area contributed by atoms with Gasteiger partial charge in [-0.15, -0.1) is 0 Å². The molecule has 4 nitrogen and oxygen atoms in total. The van der Waals surface area contributed by atoms with Crippen molar-refractivity contribution in [3.05, 3.63) is 59.7 Å². The quantitative estimate of drug-likeness (QED) is 0.878. The lowest BCUT2D eigenvalue weighted by atomic mass is 9.81.